The van der Waals surface area contributed by atoms with Crippen molar-refractivity contribution >= 4 is 11.9 Å². The van der Waals surface area contributed by atoms with Gasteiger partial charge < -0.3 is 19.1 Å². The molecule has 148 valence electrons. The van der Waals surface area contributed by atoms with E-state index in [4.69, 9.17) is 14.2 Å². The zero-order valence-corrected chi connectivity index (χ0v) is 16.2. The van der Waals surface area contributed by atoms with Crippen molar-refractivity contribution in [2.75, 3.05) is 40.0 Å². The lowest BCUT2D eigenvalue weighted by Gasteiger charge is -2.40. The average Bonchev–Trinajstić information content (AvgIpc) is 3.23. The predicted molar refractivity (Wildman–Crippen MR) is 101 cm³/mol. The minimum absolute atomic E-state index is 0.0262. The molecule has 1 amide bonds. The molecule has 0 N–H and O–H groups in total. The zero-order valence-electron chi connectivity index (χ0n) is 16.2. The zero-order chi connectivity index (χ0) is 19.3. The Morgan fingerprint density at radius 2 is 1.93 bits per heavy atom. The molecule has 6 nitrogen and oxygen atoms in total. The molecular weight excluding hydrogens is 346 g/mol. The molecule has 6 heteroatoms. The van der Waals surface area contributed by atoms with Crippen LogP contribution in [0, 0.1) is 11.3 Å². The SMILES string of the molecule is CCOC(=O)C1(Cc2ccc(OC)cc2)CCN(C(=O)[C@@H]2CCOC2)CC1. The van der Waals surface area contributed by atoms with Gasteiger partial charge in [0.1, 0.15) is 5.75 Å². The molecule has 3 rings (SSSR count). The first-order valence-electron chi connectivity index (χ1n) is 9.74. The van der Waals surface area contributed by atoms with Gasteiger partial charge in [-0.25, -0.2) is 0 Å². The minimum atomic E-state index is -0.576. The van der Waals surface area contributed by atoms with Gasteiger partial charge in [0.25, 0.3) is 0 Å². The number of hydrogen-bond donors (Lipinski definition) is 0. The molecule has 2 aliphatic heterocycles. The van der Waals surface area contributed by atoms with Gasteiger partial charge in [0.2, 0.25) is 5.91 Å². The normalized spacial score (nSPS) is 21.7. The topological polar surface area (TPSA) is 65.1 Å². The van der Waals surface area contributed by atoms with Crippen LogP contribution < -0.4 is 4.74 Å². The van der Waals surface area contributed by atoms with Gasteiger partial charge in [-0.15, -0.1) is 0 Å². The maximum atomic E-state index is 12.8. The highest BCUT2D eigenvalue weighted by Crippen LogP contribution is 2.37. The molecule has 2 heterocycles. The fourth-order valence-electron chi connectivity index (χ4n) is 4.01. The van der Waals surface area contributed by atoms with E-state index in [0.29, 0.717) is 52.2 Å². The Hall–Kier alpha value is -2.08. The van der Waals surface area contributed by atoms with Gasteiger partial charge in [-0.05, 0) is 50.3 Å². The highest BCUT2D eigenvalue weighted by molar-refractivity contribution is 5.81. The van der Waals surface area contributed by atoms with Crippen molar-refractivity contribution in [3.8, 4) is 5.75 Å². The molecule has 0 aromatic heterocycles. The molecule has 1 atom stereocenters. The molecule has 0 saturated carbocycles. The molecular formula is C21H29NO5. The number of benzene rings is 1. The average molecular weight is 375 g/mol. The van der Waals surface area contributed by atoms with E-state index >= 15 is 0 Å². The van der Waals surface area contributed by atoms with Crippen LogP contribution in [0.25, 0.3) is 0 Å². The van der Waals surface area contributed by atoms with Crippen LogP contribution in [-0.4, -0.2) is 56.8 Å². The number of ether oxygens (including phenoxy) is 3. The number of amides is 1. The summed E-state index contributed by atoms with van der Waals surface area (Å²) in [5.74, 6) is 0.774. The fraction of sp³-hybridized carbons (Fsp3) is 0.619. The number of rotatable bonds is 6. The molecule has 0 bridgehead atoms. The summed E-state index contributed by atoms with van der Waals surface area (Å²) in [6.07, 6.45) is 2.66. The van der Waals surface area contributed by atoms with Crippen LogP contribution in [0.4, 0.5) is 0 Å². The number of esters is 1. The van der Waals surface area contributed by atoms with Gasteiger partial charge in [-0.2, -0.15) is 0 Å². The van der Waals surface area contributed by atoms with Crippen LogP contribution in [0.5, 0.6) is 5.75 Å². The first-order valence-corrected chi connectivity index (χ1v) is 9.74. The van der Waals surface area contributed by atoms with Crippen LogP contribution in [0.2, 0.25) is 0 Å². The van der Waals surface area contributed by atoms with Crippen LogP contribution in [0.1, 0.15) is 31.7 Å². The van der Waals surface area contributed by atoms with Crippen molar-refractivity contribution in [2.24, 2.45) is 11.3 Å². The highest BCUT2D eigenvalue weighted by Gasteiger charge is 2.44. The Bertz CT molecular complexity index is 643. The molecule has 27 heavy (non-hydrogen) atoms. The third-order valence-electron chi connectivity index (χ3n) is 5.72. The second-order valence-corrected chi connectivity index (χ2v) is 7.41. The molecule has 2 aliphatic rings. The summed E-state index contributed by atoms with van der Waals surface area (Å²) in [5.41, 5.74) is 0.501. The molecule has 2 fully saturated rings. The Morgan fingerprint density at radius 3 is 2.48 bits per heavy atom. The smallest absolute Gasteiger partial charge is 0.312 e. The van der Waals surface area contributed by atoms with E-state index in [-0.39, 0.29) is 17.8 Å². The van der Waals surface area contributed by atoms with Crippen molar-refractivity contribution in [3.05, 3.63) is 29.8 Å². The number of piperidine rings is 1. The van der Waals surface area contributed by atoms with Crippen LogP contribution in [0.15, 0.2) is 24.3 Å². The molecule has 1 aromatic rings. The Morgan fingerprint density at radius 1 is 1.22 bits per heavy atom. The molecule has 1 aromatic carbocycles. The molecule has 0 spiro atoms. The van der Waals surface area contributed by atoms with Gasteiger partial charge in [-0.3, -0.25) is 9.59 Å². The van der Waals surface area contributed by atoms with E-state index in [1.54, 1.807) is 7.11 Å². The Balaban J connectivity index is 1.70. The highest BCUT2D eigenvalue weighted by atomic mass is 16.5. The molecule has 0 aliphatic carbocycles. The largest absolute Gasteiger partial charge is 0.497 e. The number of methoxy groups -OCH3 is 1. The van der Waals surface area contributed by atoms with Crippen molar-refractivity contribution in [1.29, 1.82) is 0 Å². The fourth-order valence-corrected chi connectivity index (χ4v) is 4.01. The summed E-state index contributed by atoms with van der Waals surface area (Å²) in [7, 11) is 1.64. The second kappa shape index (κ2) is 8.74. The van der Waals surface area contributed by atoms with Crippen molar-refractivity contribution < 1.29 is 23.8 Å². The van der Waals surface area contributed by atoms with E-state index in [0.717, 1.165) is 17.7 Å². The van der Waals surface area contributed by atoms with Crippen molar-refractivity contribution in [3.63, 3.8) is 0 Å². The maximum Gasteiger partial charge on any atom is 0.312 e. The summed E-state index contributed by atoms with van der Waals surface area (Å²) >= 11 is 0. The van der Waals surface area contributed by atoms with Gasteiger partial charge in [-0.1, -0.05) is 12.1 Å². The van der Waals surface area contributed by atoms with E-state index in [2.05, 4.69) is 0 Å². The number of hydrogen-bond acceptors (Lipinski definition) is 5. The van der Waals surface area contributed by atoms with Crippen molar-refractivity contribution in [1.82, 2.24) is 4.90 Å². The third kappa shape index (κ3) is 4.43. The lowest BCUT2D eigenvalue weighted by Crippen LogP contribution is -2.49. The van der Waals surface area contributed by atoms with Gasteiger partial charge in [0.15, 0.2) is 0 Å². The standard InChI is InChI=1S/C21H29NO5/c1-3-27-20(24)21(14-16-4-6-18(25-2)7-5-16)9-11-22(12-10-21)19(23)17-8-13-26-15-17/h4-7,17H,3,8-15H2,1-2H3/t17-/m1/s1. The number of carbonyl (C=O) groups is 2. The summed E-state index contributed by atoms with van der Waals surface area (Å²) in [4.78, 5) is 27.4. The van der Waals surface area contributed by atoms with Gasteiger partial charge in [0, 0.05) is 19.7 Å². The number of nitrogens with zero attached hydrogens (tertiary/aromatic N) is 1. The number of carbonyl (C=O) groups excluding carboxylic acids is 2. The Labute approximate surface area is 160 Å². The summed E-state index contributed by atoms with van der Waals surface area (Å²) in [5, 5.41) is 0. The van der Waals surface area contributed by atoms with E-state index in [1.807, 2.05) is 36.1 Å². The minimum Gasteiger partial charge on any atom is -0.497 e. The first-order chi connectivity index (χ1) is 13.1. The first kappa shape index (κ1) is 19.7. The lowest BCUT2D eigenvalue weighted by atomic mass is 9.73. The maximum absolute atomic E-state index is 12.8. The summed E-state index contributed by atoms with van der Waals surface area (Å²) in [6, 6.07) is 7.81. The van der Waals surface area contributed by atoms with Gasteiger partial charge in [0.05, 0.1) is 31.7 Å². The van der Waals surface area contributed by atoms with Crippen molar-refractivity contribution in [2.45, 2.75) is 32.6 Å². The summed E-state index contributed by atoms with van der Waals surface area (Å²) < 4.78 is 16.0. The second-order valence-electron chi connectivity index (χ2n) is 7.41. The quantitative estimate of drug-likeness (QED) is 0.715. The third-order valence-corrected chi connectivity index (χ3v) is 5.72. The Kier molecular flexibility index (Phi) is 6.37. The monoisotopic (exact) mass is 375 g/mol. The predicted octanol–water partition coefficient (Wildman–Crippen LogP) is 2.45. The summed E-state index contributed by atoms with van der Waals surface area (Å²) in [6.45, 7) is 4.55. The van der Waals surface area contributed by atoms with Crippen LogP contribution in [-0.2, 0) is 25.5 Å². The van der Waals surface area contributed by atoms with Gasteiger partial charge >= 0.3 is 5.97 Å². The number of likely N-dealkylation sites (tertiary alicyclic amines) is 1. The lowest BCUT2D eigenvalue weighted by molar-refractivity contribution is -0.160. The van der Waals surface area contributed by atoms with Crippen LogP contribution >= 0.6 is 0 Å². The van der Waals surface area contributed by atoms with Crippen LogP contribution in [0.3, 0.4) is 0 Å². The van der Waals surface area contributed by atoms with E-state index in [1.165, 1.54) is 0 Å². The molecule has 2 saturated heterocycles. The molecule has 0 radical (unpaired) electrons. The molecule has 0 unspecified atom stereocenters. The van der Waals surface area contributed by atoms with E-state index < -0.39 is 5.41 Å². The van der Waals surface area contributed by atoms with E-state index in [9.17, 15) is 9.59 Å².